The number of carbonyl (C=O) groups excluding carboxylic acids is 3. The van der Waals surface area contributed by atoms with Gasteiger partial charge in [-0.15, -0.1) is 0 Å². The molecule has 3 amide bonds. The molecule has 3 rings (SSSR count). The summed E-state index contributed by atoms with van der Waals surface area (Å²) in [5.74, 6) is -1.36. The Morgan fingerprint density at radius 1 is 1.26 bits per heavy atom. The number of nitrogens with one attached hydrogen (secondary N) is 1. The lowest BCUT2D eigenvalue weighted by Crippen LogP contribution is -2.41. The molecule has 0 spiro atoms. The van der Waals surface area contributed by atoms with Gasteiger partial charge < -0.3 is 5.32 Å². The van der Waals surface area contributed by atoms with Crippen molar-refractivity contribution in [3.8, 4) is 0 Å². The van der Waals surface area contributed by atoms with Crippen LogP contribution in [-0.4, -0.2) is 29.2 Å². The van der Waals surface area contributed by atoms with Gasteiger partial charge in [0.15, 0.2) is 5.78 Å². The first kappa shape index (κ1) is 15.4. The summed E-state index contributed by atoms with van der Waals surface area (Å²) in [6.45, 7) is 1.23. The minimum Gasteiger partial charge on any atom is -0.319 e. The number of imide groups is 1. The molecule has 1 aliphatic rings. The number of nitrogens with zero attached hydrogens (tertiary/aromatic N) is 1. The Morgan fingerprint density at radius 2 is 1.96 bits per heavy atom. The Labute approximate surface area is 135 Å². The summed E-state index contributed by atoms with van der Waals surface area (Å²) in [5.41, 5.74) is -0.242. The van der Waals surface area contributed by atoms with Crippen molar-refractivity contribution >= 4 is 29.1 Å². The fourth-order valence-electron chi connectivity index (χ4n) is 2.46. The number of halogens is 1. The second-order valence-electron chi connectivity index (χ2n) is 5.39. The van der Waals surface area contributed by atoms with Gasteiger partial charge in [-0.25, -0.2) is 9.18 Å². The van der Waals surface area contributed by atoms with E-state index < -0.39 is 29.1 Å². The Hall–Kier alpha value is -2.54. The van der Waals surface area contributed by atoms with Crippen molar-refractivity contribution < 1.29 is 18.8 Å². The Morgan fingerprint density at radius 3 is 2.57 bits per heavy atom. The van der Waals surface area contributed by atoms with Gasteiger partial charge in [-0.2, -0.15) is 11.3 Å². The van der Waals surface area contributed by atoms with Gasteiger partial charge in [0.05, 0.1) is 6.54 Å². The molecule has 2 aromatic rings. The average molecular weight is 332 g/mol. The molecule has 1 saturated heterocycles. The van der Waals surface area contributed by atoms with E-state index in [0.29, 0.717) is 5.56 Å². The van der Waals surface area contributed by atoms with Crippen LogP contribution in [0.25, 0.3) is 0 Å². The SMILES string of the molecule is CC1(c2ccsc2)NC(=O)N(CC(=O)c2ccc(F)cc2)C1=O. The largest absolute Gasteiger partial charge is 0.325 e. The smallest absolute Gasteiger partial charge is 0.319 e. The molecule has 2 heterocycles. The standard InChI is InChI=1S/C16H13FN2O3S/c1-16(11-6-7-23-9-11)14(21)19(15(22)18-16)8-13(20)10-2-4-12(17)5-3-10/h2-7,9H,8H2,1H3,(H,18,22). The summed E-state index contributed by atoms with van der Waals surface area (Å²) in [6.07, 6.45) is 0. The Balaban J connectivity index is 1.81. The molecular weight excluding hydrogens is 319 g/mol. The molecule has 1 atom stereocenters. The van der Waals surface area contributed by atoms with Gasteiger partial charge in [-0.3, -0.25) is 14.5 Å². The summed E-state index contributed by atoms with van der Waals surface area (Å²) in [6, 6.07) is 6.12. The monoisotopic (exact) mass is 332 g/mol. The summed E-state index contributed by atoms with van der Waals surface area (Å²) >= 11 is 1.42. The topological polar surface area (TPSA) is 66.5 Å². The predicted molar refractivity (Wildman–Crippen MR) is 82.6 cm³/mol. The van der Waals surface area contributed by atoms with Crippen molar-refractivity contribution in [3.63, 3.8) is 0 Å². The van der Waals surface area contributed by atoms with Crippen molar-refractivity contribution in [2.75, 3.05) is 6.54 Å². The van der Waals surface area contributed by atoms with E-state index in [1.807, 2.05) is 5.38 Å². The second-order valence-corrected chi connectivity index (χ2v) is 6.17. The van der Waals surface area contributed by atoms with E-state index in [9.17, 15) is 18.8 Å². The van der Waals surface area contributed by atoms with Crippen molar-refractivity contribution in [1.29, 1.82) is 0 Å². The molecule has 1 fully saturated rings. The maximum atomic E-state index is 12.9. The number of rotatable bonds is 4. The molecule has 1 aromatic heterocycles. The quantitative estimate of drug-likeness (QED) is 0.691. The van der Waals surface area contributed by atoms with Crippen molar-refractivity contribution in [3.05, 3.63) is 58.0 Å². The van der Waals surface area contributed by atoms with Gasteiger partial charge in [0, 0.05) is 5.56 Å². The summed E-state index contributed by atoms with van der Waals surface area (Å²) in [5, 5.41) is 6.22. The molecule has 0 radical (unpaired) electrons. The first-order chi connectivity index (χ1) is 10.9. The van der Waals surface area contributed by atoms with E-state index in [4.69, 9.17) is 0 Å². The van der Waals surface area contributed by atoms with E-state index in [1.54, 1.807) is 18.4 Å². The van der Waals surface area contributed by atoms with Crippen LogP contribution in [0.3, 0.4) is 0 Å². The highest BCUT2D eigenvalue weighted by atomic mass is 32.1. The molecule has 5 nitrogen and oxygen atoms in total. The summed E-state index contributed by atoms with van der Waals surface area (Å²) in [4.78, 5) is 37.8. The lowest BCUT2D eigenvalue weighted by atomic mass is 9.95. The van der Waals surface area contributed by atoms with Crippen molar-refractivity contribution in [2.24, 2.45) is 0 Å². The van der Waals surface area contributed by atoms with Gasteiger partial charge >= 0.3 is 6.03 Å². The molecule has 0 saturated carbocycles. The number of hydrogen-bond donors (Lipinski definition) is 1. The minimum atomic E-state index is -1.17. The van der Waals surface area contributed by atoms with Crippen LogP contribution in [0, 0.1) is 5.82 Å². The van der Waals surface area contributed by atoms with Crippen LogP contribution in [0.4, 0.5) is 9.18 Å². The fraction of sp³-hybridized carbons (Fsp3) is 0.188. The van der Waals surface area contributed by atoms with Crippen molar-refractivity contribution in [1.82, 2.24) is 10.2 Å². The van der Waals surface area contributed by atoms with Gasteiger partial charge in [0.25, 0.3) is 5.91 Å². The van der Waals surface area contributed by atoms with Crippen LogP contribution in [-0.2, 0) is 10.3 Å². The predicted octanol–water partition coefficient (Wildman–Crippen LogP) is 2.54. The van der Waals surface area contributed by atoms with Crippen molar-refractivity contribution in [2.45, 2.75) is 12.5 Å². The normalized spacial score (nSPS) is 20.7. The number of amides is 3. The number of carbonyl (C=O) groups is 3. The number of benzene rings is 1. The van der Waals surface area contributed by atoms with Crippen LogP contribution in [0.15, 0.2) is 41.1 Å². The summed E-state index contributed by atoms with van der Waals surface area (Å²) < 4.78 is 12.9. The Kier molecular flexibility index (Phi) is 3.73. The van der Waals surface area contributed by atoms with Crippen LogP contribution >= 0.6 is 11.3 Å². The molecule has 118 valence electrons. The molecule has 1 unspecified atom stereocenters. The zero-order chi connectivity index (χ0) is 16.6. The van der Waals surface area contributed by atoms with E-state index in [1.165, 1.54) is 23.5 Å². The zero-order valence-corrected chi connectivity index (χ0v) is 13.0. The van der Waals surface area contributed by atoms with E-state index >= 15 is 0 Å². The average Bonchev–Trinajstić information content (AvgIpc) is 3.12. The maximum absolute atomic E-state index is 12.9. The fourth-order valence-corrected chi connectivity index (χ4v) is 3.22. The van der Waals surface area contributed by atoms with Crippen LogP contribution in [0.2, 0.25) is 0 Å². The van der Waals surface area contributed by atoms with Crippen LogP contribution < -0.4 is 5.32 Å². The molecule has 0 bridgehead atoms. The number of thiophene rings is 1. The lowest BCUT2D eigenvalue weighted by Gasteiger charge is -2.20. The molecule has 1 N–H and O–H groups in total. The first-order valence-corrected chi connectivity index (χ1v) is 7.81. The number of ketones is 1. The minimum absolute atomic E-state index is 0.246. The lowest BCUT2D eigenvalue weighted by molar-refractivity contribution is -0.130. The number of urea groups is 1. The van der Waals surface area contributed by atoms with Gasteiger partial charge in [0.2, 0.25) is 0 Å². The molecule has 1 aromatic carbocycles. The van der Waals surface area contributed by atoms with E-state index in [-0.39, 0.29) is 12.1 Å². The molecule has 0 aliphatic carbocycles. The van der Waals surface area contributed by atoms with Gasteiger partial charge in [-0.05, 0) is 53.6 Å². The van der Waals surface area contributed by atoms with E-state index in [2.05, 4.69) is 5.32 Å². The highest BCUT2D eigenvalue weighted by molar-refractivity contribution is 7.08. The third kappa shape index (κ3) is 2.63. The number of Topliss-reactive ketones (excluding diaryl/α,β-unsaturated/α-hetero) is 1. The summed E-state index contributed by atoms with van der Waals surface area (Å²) in [7, 11) is 0. The maximum Gasteiger partial charge on any atom is 0.325 e. The first-order valence-electron chi connectivity index (χ1n) is 6.87. The second kappa shape index (κ2) is 5.58. The molecule has 7 heteroatoms. The molecular formula is C16H13FN2O3S. The van der Waals surface area contributed by atoms with Crippen LogP contribution in [0.5, 0.6) is 0 Å². The molecule has 1 aliphatic heterocycles. The zero-order valence-electron chi connectivity index (χ0n) is 12.2. The van der Waals surface area contributed by atoms with Gasteiger partial charge in [0.1, 0.15) is 11.4 Å². The van der Waals surface area contributed by atoms with Crippen LogP contribution in [0.1, 0.15) is 22.8 Å². The molecule has 23 heavy (non-hydrogen) atoms. The van der Waals surface area contributed by atoms with Gasteiger partial charge in [-0.1, -0.05) is 0 Å². The highest BCUT2D eigenvalue weighted by Crippen LogP contribution is 2.30. The van der Waals surface area contributed by atoms with E-state index in [0.717, 1.165) is 17.0 Å². The third-order valence-electron chi connectivity index (χ3n) is 3.84. The number of hydrogen-bond acceptors (Lipinski definition) is 4. The Bertz CT molecular complexity index is 773. The third-order valence-corrected chi connectivity index (χ3v) is 4.52. The highest BCUT2D eigenvalue weighted by Gasteiger charge is 2.49.